The van der Waals surface area contributed by atoms with Gasteiger partial charge in [-0.2, -0.15) is 0 Å². The van der Waals surface area contributed by atoms with Crippen molar-refractivity contribution in [2.45, 2.75) is 97.9 Å². The first-order chi connectivity index (χ1) is 18.4. The fourth-order valence-corrected chi connectivity index (χ4v) is 5.10. The van der Waals surface area contributed by atoms with Crippen molar-refractivity contribution in [2.24, 2.45) is 5.41 Å². The maximum atomic E-state index is 13.8. The van der Waals surface area contributed by atoms with Gasteiger partial charge in [0.1, 0.15) is 12.3 Å². The van der Waals surface area contributed by atoms with Crippen LogP contribution in [0.3, 0.4) is 0 Å². The van der Waals surface area contributed by atoms with Gasteiger partial charge >= 0.3 is 0 Å². The standard InChI is InChI=1S/C15H23FN2O3.C13H16N2S.C2H6/c1-14(2,3)11(17-13(21)15(16)6-7-15)12(20)18-8-4-5-10(18)9-19;1-9(14-3)11-4-6-12(7-5-11)13-10(2)15-8-16-13;1-2/h9-11H,4-8H2,1-3H3,(H,17,21);4-9,14H,1-3H3;1-2H3/t10-,11+;9-;/m01./s1. The van der Waals surface area contributed by atoms with E-state index in [9.17, 15) is 18.8 Å². The molecule has 0 bridgehead atoms. The summed E-state index contributed by atoms with van der Waals surface area (Å²) in [7, 11) is 1.98. The highest BCUT2D eigenvalue weighted by Crippen LogP contribution is 2.40. The van der Waals surface area contributed by atoms with Crippen molar-refractivity contribution < 1.29 is 18.8 Å². The van der Waals surface area contributed by atoms with Gasteiger partial charge < -0.3 is 20.3 Å². The molecule has 3 atom stereocenters. The van der Waals surface area contributed by atoms with Gasteiger partial charge in [-0.25, -0.2) is 9.37 Å². The molecule has 1 aromatic heterocycles. The molecule has 1 aliphatic carbocycles. The third-order valence-corrected chi connectivity index (χ3v) is 8.05. The highest BCUT2D eigenvalue weighted by molar-refractivity contribution is 7.13. The lowest BCUT2D eigenvalue weighted by atomic mass is 9.85. The van der Waals surface area contributed by atoms with Crippen LogP contribution in [0.5, 0.6) is 0 Å². The van der Waals surface area contributed by atoms with Crippen LogP contribution in [0.2, 0.25) is 0 Å². The minimum Gasteiger partial charge on any atom is -0.341 e. The molecule has 0 radical (unpaired) electrons. The number of aromatic nitrogens is 1. The Morgan fingerprint density at radius 2 is 1.82 bits per heavy atom. The molecule has 1 saturated carbocycles. The zero-order chi connectivity index (χ0) is 29.4. The summed E-state index contributed by atoms with van der Waals surface area (Å²) < 4.78 is 13.8. The minimum absolute atomic E-state index is 0.213. The monoisotopic (exact) mass is 560 g/mol. The van der Waals surface area contributed by atoms with E-state index in [4.69, 9.17) is 0 Å². The Hall–Kier alpha value is -2.65. The molecule has 4 rings (SSSR count). The quantitative estimate of drug-likeness (QED) is 0.428. The Balaban J connectivity index is 0.000000265. The van der Waals surface area contributed by atoms with Crippen molar-refractivity contribution in [1.29, 1.82) is 0 Å². The number of carbonyl (C=O) groups excluding carboxylic acids is 3. The molecule has 2 amide bonds. The summed E-state index contributed by atoms with van der Waals surface area (Å²) >= 11 is 1.70. The maximum Gasteiger partial charge on any atom is 0.258 e. The molecule has 0 unspecified atom stereocenters. The van der Waals surface area contributed by atoms with Crippen LogP contribution in [0.4, 0.5) is 4.39 Å². The van der Waals surface area contributed by atoms with Gasteiger partial charge in [0.2, 0.25) is 5.91 Å². The summed E-state index contributed by atoms with van der Waals surface area (Å²) in [4.78, 5) is 42.7. The number of nitrogens with zero attached hydrogens (tertiary/aromatic N) is 2. The van der Waals surface area contributed by atoms with E-state index >= 15 is 0 Å². The van der Waals surface area contributed by atoms with Crippen LogP contribution in [-0.2, 0) is 14.4 Å². The molecule has 9 heteroatoms. The van der Waals surface area contributed by atoms with Crippen molar-refractivity contribution >= 4 is 29.4 Å². The van der Waals surface area contributed by atoms with Crippen LogP contribution in [0, 0.1) is 12.3 Å². The van der Waals surface area contributed by atoms with Crippen LogP contribution in [0.1, 0.15) is 84.5 Å². The third-order valence-electron chi connectivity index (χ3n) is 7.08. The molecule has 2 aliphatic rings. The number of nitrogens with one attached hydrogen (secondary N) is 2. The predicted molar refractivity (Wildman–Crippen MR) is 156 cm³/mol. The van der Waals surface area contributed by atoms with Crippen molar-refractivity contribution in [3.05, 3.63) is 41.0 Å². The van der Waals surface area contributed by atoms with Gasteiger partial charge in [-0.3, -0.25) is 9.59 Å². The van der Waals surface area contributed by atoms with E-state index in [1.807, 2.05) is 47.2 Å². The lowest BCUT2D eigenvalue weighted by Crippen LogP contribution is -2.57. The van der Waals surface area contributed by atoms with E-state index in [-0.39, 0.29) is 18.7 Å². The summed E-state index contributed by atoms with van der Waals surface area (Å²) in [5, 5.41) is 5.80. The first kappa shape index (κ1) is 32.6. The number of aldehydes is 1. The second-order valence-electron chi connectivity index (χ2n) is 11.0. The maximum absolute atomic E-state index is 13.8. The Morgan fingerprint density at radius 3 is 2.28 bits per heavy atom. The number of amides is 2. The molecule has 2 aromatic rings. The van der Waals surface area contributed by atoms with Crippen molar-refractivity contribution in [3.63, 3.8) is 0 Å². The van der Waals surface area contributed by atoms with Crippen LogP contribution >= 0.6 is 11.3 Å². The summed E-state index contributed by atoms with van der Waals surface area (Å²) in [6.07, 6.45) is 2.61. The number of halogens is 1. The van der Waals surface area contributed by atoms with E-state index in [1.54, 1.807) is 11.3 Å². The average molecular weight is 561 g/mol. The highest BCUT2D eigenvalue weighted by atomic mass is 32.1. The van der Waals surface area contributed by atoms with Crippen LogP contribution in [0.25, 0.3) is 10.4 Å². The van der Waals surface area contributed by atoms with E-state index in [2.05, 4.69) is 53.7 Å². The van der Waals surface area contributed by atoms with Gasteiger partial charge in [0, 0.05) is 12.6 Å². The first-order valence-corrected chi connectivity index (χ1v) is 14.7. The smallest absolute Gasteiger partial charge is 0.258 e. The zero-order valence-electron chi connectivity index (χ0n) is 24.6. The Labute approximate surface area is 237 Å². The lowest BCUT2D eigenvalue weighted by Gasteiger charge is -2.35. The first-order valence-electron chi connectivity index (χ1n) is 13.8. The van der Waals surface area contributed by atoms with Gasteiger partial charge in [0.25, 0.3) is 5.91 Å². The second kappa shape index (κ2) is 14.1. The molecular formula is C30H45FN4O3S. The molecule has 2 fully saturated rings. The zero-order valence-corrected chi connectivity index (χ0v) is 25.5. The summed E-state index contributed by atoms with van der Waals surface area (Å²) in [5.74, 6) is -1.01. The SMILES string of the molecule is CC.CC(C)(C)[C@H](NC(=O)C1(F)CC1)C(=O)N1CCC[C@H]1C=O.CN[C@H](C)c1ccc(-c2scnc2C)cc1. The summed E-state index contributed by atoms with van der Waals surface area (Å²) in [5.41, 5.74) is 3.22. The number of rotatable bonds is 7. The van der Waals surface area contributed by atoms with Gasteiger partial charge in [0.15, 0.2) is 5.67 Å². The van der Waals surface area contributed by atoms with Crippen molar-refractivity contribution in [3.8, 4) is 10.4 Å². The van der Waals surface area contributed by atoms with Crippen LogP contribution in [0.15, 0.2) is 29.8 Å². The Kier molecular flexibility index (Phi) is 11.8. The number of benzene rings is 1. The van der Waals surface area contributed by atoms with Gasteiger partial charge in [-0.05, 0) is 63.1 Å². The summed E-state index contributed by atoms with van der Waals surface area (Å²) in [6.45, 7) is 14.2. The minimum atomic E-state index is -1.81. The lowest BCUT2D eigenvalue weighted by molar-refractivity contribution is -0.142. The highest BCUT2D eigenvalue weighted by Gasteiger charge is 2.53. The number of aryl methyl sites for hydroxylation is 1. The predicted octanol–water partition coefficient (Wildman–Crippen LogP) is 5.63. The topological polar surface area (TPSA) is 91.4 Å². The molecule has 1 saturated heterocycles. The Morgan fingerprint density at radius 1 is 1.21 bits per heavy atom. The number of thiazole rings is 1. The number of likely N-dealkylation sites (tertiary alicyclic amines) is 1. The summed E-state index contributed by atoms with van der Waals surface area (Å²) in [6, 6.07) is 7.84. The molecule has 216 valence electrons. The number of hydrogen-bond acceptors (Lipinski definition) is 6. The van der Waals surface area contributed by atoms with Gasteiger partial charge in [-0.1, -0.05) is 58.9 Å². The molecule has 1 aliphatic heterocycles. The molecular weight excluding hydrogens is 515 g/mol. The van der Waals surface area contributed by atoms with E-state index in [0.717, 1.165) is 18.4 Å². The van der Waals surface area contributed by atoms with Crippen LogP contribution in [-0.4, -0.2) is 59.3 Å². The van der Waals surface area contributed by atoms with E-state index < -0.39 is 29.1 Å². The molecule has 7 nitrogen and oxygen atoms in total. The molecule has 2 heterocycles. The van der Waals surface area contributed by atoms with E-state index in [1.165, 1.54) is 20.9 Å². The normalized spacial score (nSPS) is 19.0. The Bertz CT molecular complexity index is 1090. The number of hydrogen-bond donors (Lipinski definition) is 2. The number of alkyl halides is 1. The van der Waals surface area contributed by atoms with Gasteiger partial charge in [0.05, 0.1) is 22.1 Å². The largest absolute Gasteiger partial charge is 0.341 e. The van der Waals surface area contributed by atoms with Gasteiger partial charge in [-0.15, -0.1) is 11.3 Å². The molecule has 1 aromatic carbocycles. The van der Waals surface area contributed by atoms with E-state index in [0.29, 0.717) is 19.0 Å². The average Bonchev–Trinajstić information content (AvgIpc) is 3.30. The number of carbonyl (C=O) groups is 3. The second-order valence-corrected chi connectivity index (χ2v) is 11.9. The molecule has 39 heavy (non-hydrogen) atoms. The van der Waals surface area contributed by atoms with Crippen molar-refractivity contribution in [2.75, 3.05) is 13.6 Å². The fraction of sp³-hybridized carbons (Fsp3) is 0.600. The van der Waals surface area contributed by atoms with Crippen molar-refractivity contribution in [1.82, 2.24) is 20.5 Å². The molecule has 2 N–H and O–H groups in total. The molecule has 0 spiro atoms. The fourth-order valence-electron chi connectivity index (χ4n) is 4.29. The third kappa shape index (κ3) is 8.42. The van der Waals surface area contributed by atoms with Crippen LogP contribution < -0.4 is 10.6 Å².